The summed E-state index contributed by atoms with van der Waals surface area (Å²) in [7, 11) is 3.13. The first-order valence-corrected chi connectivity index (χ1v) is 11.1. The molecule has 0 unspecified atom stereocenters. The molecule has 35 heavy (non-hydrogen) atoms. The maximum absolute atomic E-state index is 14.8. The van der Waals surface area contributed by atoms with E-state index < -0.39 is 17.6 Å². The number of nitrogen functional groups attached to an aromatic ring is 1. The van der Waals surface area contributed by atoms with Crippen LogP contribution in [0, 0.1) is 6.92 Å². The topological polar surface area (TPSA) is 112 Å². The summed E-state index contributed by atoms with van der Waals surface area (Å²) in [5.74, 6) is -1.47. The third kappa shape index (κ3) is 5.71. The number of aryl methyl sites for hydroxylation is 1. The fourth-order valence-corrected chi connectivity index (χ4v) is 3.62. The molecule has 2 aromatic carbocycles. The van der Waals surface area contributed by atoms with Gasteiger partial charge in [0.15, 0.2) is 11.5 Å². The van der Waals surface area contributed by atoms with E-state index in [0.717, 1.165) is 13.8 Å². The van der Waals surface area contributed by atoms with Crippen LogP contribution in [0.4, 0.5) is 20.3 Å². The van der Waals surface area contributed by atoms with Crippen LogP contribution in [-0.2, 0) is 10.7 Å². The van der Waals surface area contributed by atoms with E-state index in [-0.39, 0.29) is 11.3 Å². The van der Waals surface area contributed by atoms with Crippen molar-refractivity contribution in [3.63, 3.8) is 0 Å². The van der Waals surface area contributed by atoms with Crippen molar-refractivity contribution in [2.75, 3.05) is 38.5 Å². The molecule has 0 aliphatic carbocycles. The van der Waals surface area contributed by atoms with Crippen molar-refractivity contribution in [3.8, 4) is 11.5 Å². The highest BCUT2D eigenvalue weighted by Crippen LogP contribution is 2.41. The molecule has 0 spiro atoms. The number of benzene rings is 2. The van der Waals surface area contributed by atoms with E-state index in [2.05, 4.69) is 15.3 Å². The van der Waals surface area contributed by atoms with Crippen LogP contribution in [0.25, 0.3) is 10.9 Å². The number of methoxy groups -OCH3 is 2. The van der Waals surface area contributed by atoms with Gasteiger partial charge in [0.05, 0.1) is 25.3 Å². The summed E-state index contributed by atoms with van der Waals surface area (Å²) < 4.78 is 46.0. The maximum atomic E-state index is 14.8. The van der Waals surface area contributed by atoms with Crippen LogP contribution in [0.5, 0.6) is 11.5 Å². The van der Waals surface area contributed by atoms with Gasteiger partial charge in [-0.1, -0.05) is 0 Å². The number of hydrogen-bond donors (Lipinski definition) is 3. The van der Waals surface area contributed by atoms with Crippen molar-refractivity contribution < 1.29 is 28.1 Å². The average Bonchev–Trinajstić information content (AvgIpc) is 2.77. The number of alkyl halides is 2. The Morgan fingerprint density at radius 3 is 2.40 bits per heavy atom. The van der Waals surface area contributed by atoms with E-state index in [0.29, 0.717) is 52.8 Å². The molecule has 0 saturated heterocycles. The zero-order valence-electron chi connectivity index (χ0n) is 20.8. The van der Waals surface area contributed by atoms with Crippen molar-refractivity contribution in [3.05, 3.63) is 47.3 Å². The van der Waals surface area contributed by atoms with E-state index >= 15 is 0 Å². The molecule has 190 valence electrons. The summed E-state index contributed by atoms with van der Waals surface area (Å²) in [6.45, 7) is 6.42. The number of nitrogens with two attached hydrogens (primary N) is 1. The second kappa shape index (κ2) is 10.2. The van der Waals surface area contributed by atoms with Crippen molar-refractivity contribution in [1.82, 2.24) is 9.97 Å². The quantitative estimate of drug-likeness (QED) is 0.280. The summed E-state index contributed by atoms with van der Waals surface area (Å²) in [4.78, 5) is 9.02. The minimum Gasteiger partial charge on any atom is -0.493 e. The first-order chi connectivity index (χ1) is 16.4. The number of aliphatic hydroxyl groups is 1. The smallest absolute Gasteiger partial charge is 0.300 e. The Morgan fingerprint density at radius 2 is 1.77 bits per heavy atom. The van der Waals surface area contributed by atoms with Gasteiger partial charge < -0.3 is 30.4 Å². The van der Waals surface area contributed by atoms with E-state index in [1.165, 1.54) is 12.1 Å². The van der Waals surface area contributed by atoms with Gasteiger partial charge in [-0.05, 0) is 57.5 Å². The van der Waals surface area contributed by atoms with Crippen LogP contribution in [0.3, 0.4) is 0 Å². The van der Waals surface area contributed by atoms with Gasteiger partial charge in [0.25, 0.3) is 0 Å². The van der Waals surface area contributed by atoms with E-state index in [1.807, 2.05) is 6.92 Å². The Hall–Kier alpha value is -3.24. The zero-order chi connectivity index (χ0) is 26.0. The monoisotopic (exact) mass is 490 g/mol. The average molecular weight is 491 g/mol. The molecule has 0 aliphatic rings. The third-order valence-corrected chi connectivity index (χ3v) is 5.60. The standard InChI is InChI=1S/C25H32F2N4O4/c1-14(16-9-17(11-18(28)10-16)25(26,27)24(3,4)32)29-23-19-12-22(35-8-7-33-5)21(34-6)13-20(19)30-15(2)31-23/h9-14,32H,7-8,28H2,1-6H3,(H,29,30,31)/t14-/m1/s1. The van der Waals surface area contributed by atoms with Gasteiger partial charge in [0.1, 0.15) is 23.9 Å². The molecule has 4 N–H and O–H groups in total. The van der Waals surface area contributed by atoms with Gasteiger partial charge in [0, 0.05) is 29.8 Å². The number of anilines is 2. The highest BCUT2D eigenvalue weighted by molar-refractivity contribution is 5.92. The Bertz CT molecular complexity index is 1200. The number of hydrogen-bond acceptors (Lipinski definition) is 8. The number of fused-ring (bicyclic) bond motifs is 1. The lowest BCUT2D eigenvalue weighted by Crippen LogP contribution is -2.40. The molecule has 10 heteroatoms. The van der Waals surface area contributed by atoms with Gasteiger partial charge in [0.2, 0.25) is 0 Å². The molecule has 1 atom stereocenters. The second-order valence-electron chi connectivity index (χ2n) is 8.87. The van der Waals surface area contributed by atoms with E-state index in [9.17, 15) is 13.9 Å². The predicted molar refractivity (Wildman–Crippen MR) is 131 cm³/mol. The second-order valence-corrected chi connectivity index (χ2v) is 8.87. The molecule has 3 aromatic rings. The van der Waals surface area contributed by atoms with Crippen LogP contribution >= 0.6 is 0 Å². The van der Waals surface area contributed by atoms with Gasteiger partial charge in [-0.15, -0.1) is 0 Å². The van der Waals surface area contributed by atoms with Crippen LogP contribution in [0.15, 0.2) is 30.3 Å². The zero-order valence-corrected chi connectivity index (χ0v) is 20.8. The fraction of sp³-hybridized carbons (Fsp3) is 0.440. The number of rotatable bonds is 10. The Labute approximate surface area is 203 Å². The Morgan fingerprint density at radius 1 is 1.06 bits per heavy atom. The van der Waals surface area contributed by atoms with Crippen molar-refractivity contribution in [2.24, 2.45) is 0 Å². The Kier molecular flexibility index (Phi) is 7.66. The molecule has 3 rings (SSSR count). The Balaban J connectivity index is 2.02. The minimum atomic E-state index is -3.50. The number of halogens is 2. The van der Waals surface area contributed by atoms with E-state index in [4.69, 9.17) is 19.9 Å². The van der Waals surface area contributed by atoms with Crippen molar-refractivity contribution >= 4 is 22.4 Å². The number of aromatic nitrogens is 2. The predicted octanol–water partition coefficient (Wildman–Crippen LogP) is 4.59. The molecule has 1 heterocycles. The van der Waals surface area contributed by atoms with Gasteiger partial charge in [-0.2, -0.15) is 8.78 Å². The summed E-state index contributed by atoms with van der Waals surface area (Å²) in [6, 6.07) is 7.20. The number of ether oxygens (including phenoxy) is 3. The number of nitrogens with one attached hydrogen (secondary N) is 1. The van der Waals surface area contributed by atoms with Crippen LogP contribution in [0.2, 0.25) is 0 Å². The van der Waals surface area contributed by atoms with Crippen molar-refractivity contribution in [2.45, 2.75) is 45.3 Å². The molecule has 0 amide bonds. The van der Waals surface area contributed by atoms with Crippen LogP contribution < -0.4 is 20.5 Å². The highest BCUT2D eigenvalue weighted by atomic mass is 19.3. The van der Waals surface area contributed by atoms with E-state index in [1.54, 1.807) is 39.3 Å². The lowest BCUT2D eigenvalue weighted by molar-refractivity contribution is -0.168. The normalized spacial score (nSPS) is 13.1. The molecular formula is C25H32F2N4O4. The SMILES string of the molecule is COCCOc1cc2c(N[C@H](C)c3cc(N)cc(C(F)(F)C(C)(C)O)c3)nc(C)nc2cc1OC. The first-order valence-electron chi connectivity index (χ1n) is 11.1. The first kappa shape index (κ1) is 26.4. The fourth-order valence-electron chi connectivity index (χ4n) is 3.62. The van der Waals surface area contributed by atoms with Crippen LogP contribution in [-0.4, -0.2) is 48.1 Å². The molecule has 0 radical (unpaired) electrons. The molecule has 1 aromatic heterocycles. The number of nitrogens with zero attached hydrogens (tertiary/aromatic N) is 2. The largest absolute Gasteiger partial charge is 0.493 e. The van der Waals surface area contributed by atoms with Crippen LogP contribution in [0.1, 0.15) is 43.8 Å². The summed E-state index contributed by atoms with van der Waals surface area (Å²) in [5.41, 5.74) is 4.63. The maximum Gasteiger partial charge on any atom is 0.300 e. The lowest BCUT2D eigenvalue weighted by atomic mass is 9.91. The van der Waals surface area contributed by atoms with Gasteiger partial charge in [-0.25, -0.2) is 9.97 Å². The highest BCUT2D eigenvalue weighted by Gasteiger charge is 2.47. The summed E-state index contributed by atoms with van der Waals surface area (Å²) >= 11 is 0. The van der Waals surface area contributed by atoms with Crippen molar-refractivity contribution in [1.29, 1.82) is 0 Å². The minimum absolute atomic E-state index is 0.164. The molecular weight excluding hydrogens is 458 g/mol. The van der Waals surface area contributed by atoms with Gasteiger partial charge in [-0.3, -0.25) is 0 Å². The van der Waals surface area contributed by atoms with Gasteiger partial charge >= 0.3 is 5.92 Å². The lowest BCUT2D eigenvalue weighted by Gasteiger charge is -2.30. The molecule has 0 aliphatic heterocycles. The summed E-state index contributed by atoms with van der Waals surface area (Å²) in [5, 5.41) is 13.9. The summed E-state index contributed by atoms with van der Waals surface area (Å²) in [6.07, 6.45) is 0. The molecule has 8 nitrogen and oxygen atoms in total. The molecule has 0 saturated carbocycles. The molecule has 0 fully saturated rings. The molecule has 0 bridgehead atoms. The third-order valence-electron chi connectivity index (χ3n) is 5.60.